The first kappa shape index (κ1) is 4.83. The van der Waals surface area contributed by atoms with Crippen LogP contribution in [0.25, 0.3) is 0 Å². The molecule has 2 nitrogen and oxygen atoms in total. The summed E-state index contributed by atoms with van der Waals surface area (Å²) < 4.78 is 5.11. The van der Waals surface area contributed by atoms with E-state index in [1.54, 1.807) is 0 Å². The van der Waals surface area contributed by atoms with Crippen LogP contribution in [0.2, 0.25) is 0 Å². The molecule has 2 saturated heterocycles. The van der Waals surface area contributed by atoms with Gasteiger partial charge in [-0.2, -0.15) is 0 Å². The summed E-state index contributed by atoms with van der Waals surface area (Å²) in [4.78, 5) is 2.29. The Balaban J connectivity index is 2.04. The Morgan fingerprint density at radius 3 is 3.50 bits per heavy atom. The van der Waals surface area contributed by atoms with Gasteiger partial charge in [0.2, 0.25) is 0 Å². The van der Waals surface area contributed by atoms with Crippen LogP contribution >= 0.6 is 0 Å². The molecule has 2 fully saturated rings. The molecule has 8 heavy (non-hydrogen) atoms. The van der Waals surface area contributed by atoms with Gasteiger partial charge >= 0.3 is 7.62 Å². The van der Waals surface area contributed by atoms with Crippen LogP contribution < -0.4 is 0 Å². The van der Waals surface area contributed by atoms with Crippen molar-refractivity contribution in [2.24, 2.45) is 0 Å². The molecular weight excluding hydrogens is 101 g/mol. The summed E-state index contributed by atoms with van der Waals surface area (Å²) in [5, 5.41) is 0. The highest BCUT2D eigenvalue weighted by Crippen LogP contribution is 2.19. The van der Waals surface area contributed by atoms with Gasteiger partial charge in [0.1, 0.15) is 0 Å². The van der Waals surface area contributed by atoms with E-state index >= 15 is 0 Å². The van der Waals surface area contributed by atoms with Crippen molar-refractivity contribution in [3.05, 3.63) is 0 Å². The smallest absolute Gasteiger partial charge is 0.399 e. The van der Waals surface area contributed by atoms with Gasteiger partial charge in [0, 0.05) is 12.6 Å². The first-order valence-corrected chi connectivity index (χ1v) is 3.17. The molecule has 0 aliphatic carbocycles. The van der Waals surface area contributed by atoms with Gasteiger partial charge in [-0.3, -0.25) is 0 Å². The minimum absolute atomic E-state index is 0.731. The topological polar surface area (TPSA) is 12.5 Å². The van der Waals surface area contributed by atoms with Crippen molar-refractivity contribution in [3.63, 3.8) is 0 Å². The maximum absolute atomic E-state index is 5.11. The largest absolute Gasteiger partial charge is 0.422 e. The summed E-state index contributed by atoms with van der Waals surface area (Å²) in [6.45, 7) is 2.14. The number of rotatable bonds is 0. The predicted molar refractivity (Wildman–Crippen MR) is 31.4 cm³/mol. The van der Waals surface area contributed by atoms with E-state index in [2.05, 4.69) is 4.81 Å². The summed E-state index contributed by atoms with van der Waals surface area (Å²) in [7, 11) is 1.87. The van der Waals surface area contributed by atoms with Crippen LogP contribution in [0.5, 0.6) is 0 Å². The number of hydrogen-bond donors (Lipinski definition) is 0. The molecule has 0 aromatic carbocycles. The molecule has 2 heterocycles. The Kier molecular flexibility index (Phi) is 1.05. The second-order valence-corrected chi connectivity index (χ2v) is 2.47. The van der Waals surface area contributed by atoms with Crippen LogP contribution in [0.3, 0.4) is 0 Å². The lowest BCUT2D eigenvalue weighted by molar-refractivity contribution is 0.337. The molecule has 2 aliphatic rings. The normalized spacial score (nSPS) is 37.2. The molecule has 0 amide bonds. The Morgan fingerprint density at radius 1 is 1.62 bits per heavy atom. The van der Waals surface area contributed by atoms with Gasteiger partial charge in [0.25, 0.3) is 0 Å². The Hall–Kier alpha value is -0.0151. The summed E-state index contributed by atoms with van der Waals surface area (Å²) in [6.07, 6.45) is 2.68. The molecule has 43 valence electrons. The third kappa shape index (κ3) is 0.582. The van der Waals surface area contributed by atoms with Crippen molar-refractivity contribution in [2.75, 3.05) is 13.2 Å². The molecule has 0 saturated carbocycles. The minimum Gasteiger partial charge on any atom is -0.422 e. The highest BCUT2D eigenvalue weighted by molar-refractivity contribution is 6.24. The maximum atomic E-state index is 5.11. The molecule has 0 aromatic heterocycles. The molecule has 2 aliphatic heterocycles. The summed E-state index contributed by atoms with van der Waals surface area (Å²) in [6, 6.07) is 0.731. The third-order valence-electron chi connectivity index (χ3n) is 1.92. The van der Waals surface area contributed by atoms with Crippen molar-refractivity contribution in [2.45, 2.75) is 18.9 Å². The van der Waals surface area contributed by atoms with Gasteiger partial charge in [-0.05, 0) is 19.4 Å². The van der Waals surface area contributed by atoms with Crippen LogP contribution in [0.1, 0.15) is 12.8 Å². The highest BCUT2D eigenvalue weighted by atomic mass is 16.4. The van der Waals surface area contributed by atoms with E-state index in [-0.39, 0.29) is 0 Å². The van der Waals surface area contributed by atoms with Crippen LogP contribution in [0.4, 0.5) is 0 Å². The molecule has 1 radical (unpaired) electrons. The molecule has 0 unspecified atom stereocenters. The summed E-state index contributed by atoms with van der Waals surface area (Å²) in [5.41, 5.74) is 0. The van der Waals surface area contributed by atoms with Gasteiger partial charge in [-0.15, -0.1) is 0 Å². The summed E-state index contributed by atoms with van der Waals surface area (Å²) in [5.74, 6) is 0. The predicted octanol–water partition coefficient (Wildman–Crippen LogP) is 0.0152. The SMILES string of the molecule is [B]1OC[C@H]2CCCN12. The number of nitrogens with zero attached hydrogens (tertiary/aromatic N) is 1. The second kappa shape index (κ2) is 1.74. The second-order valence-electron chi connectivity index (χ2n) is 2.47. The van der Waals surface area contributed by atoms with Gasteiger partial charge in [0.15, 0.2) is 0 Å². The zero-order chi connectivity index (χ0) is 5.40. The third-order valence-corrected chi connectivity index (χ3v) is 1.92. The van der Waals surface area contributed by atoms with Crippen molar-refractivity contribution in [1.82, 2.24) is 4.81 Å². The van der Waals surface area contributed by atoms with E-state index in [4.69, 9.17) is 4.65 Å². The Bertz CT molecular complexity index is 78.4. The fraction of sp³-hybridized carbons (Fsp3) is 1.00. The molecule has 1 atom stereocenters. The van der Waals surface area contributed by atoms with E-state index in [9.17, 15) is 0 Å². The van der Waals surface area contributed by atoms with E-state index in [1.807, 2.05) is 7.62 Å². The van der Waals surface area contributed by atoms with E-state index in [0.717, 1.165) is 12.6 Å². The average molecular weight is 110 g/mol. The minimum atomic E-state index is 0.731. The van der Waals surface area contributed by atoms with Gasteiger partial charge in [-0.25, -0.2) is 0 Å². The maximum Gasteiger partial charge on any atom is 0.399 e. The monoisotopic (exact) mass is 110 g/mol. The zero-order valence-corrected chi connectivity index (χ0v) is 4.84. The highest BCUT2D eigenvalue weighted by Gasteiger charge is 2.30. The zero-order valence-electron chi connectivity index (χ0n) is 4.84. The van der Waals surface area contributed by atoms with Crippen LogP contribution in [0, 0.1) is 0 Å². The van der Waals surface area contributed by atoms with Crippen molar-refractivity contribution < 1.29 is 4.65 Å². The number of fused-ring (bicyclic) bond motifs is 1. The first-order valence-electron chi connectivity index (χ1n) is 3.17. The first-order chi connectivity index (χ1) is 3.97. The average Bonchev–Trinajstić information content (AvgIpc) is 2.15. The van der Waals surface area contributed by atoms with Gasteiger partial charge in [-0.1, -0.05) is 0 Å². The molecule has 0 spiro atoms. The van der Waals surface area contributed by atoms with E-state index < -0.39 is 0 Å². The van der Waals surface area contributed by atoms with Crippen LogP contribution in [-0.4, -0.2) is 31.6 Å². The van der Waals surface area contributed by atoms with Crippen molar-refractivity contribution in [3.8, 4) is 0 Å². The van der Waals surface area contributed by atoms with Crippen molar-refractivity contribution >= 4 is 7.62 Å². The lowest BCUT2D eigenvalue weighted by atomic mass is 10.2. The molecule has 3 heteroatoms. The number of hydrogen-bond acceptors (Lipinski definition) is 2. The van der Waals surface area contributed by atoms with Crippen LogP contribution in [0.15, 0.2) is 0 Å². The Morgan fingerprint density at radius 2 is 2.62 bits per heavy atom. The fourth-order valence-corrected chi connectivity index (χ4v) is 1.43. The molecular formula is C5H9BNO. The van der Waals surface area contributed by atoms with Gasteiger partial charge < -0.3 is 9.47 Å². The fourth-order valence-electron chi connectivity index (χ4n) is 1.43. The van der Waals surface area contributed by atoms with Crippen LogP contribution in [-0.2, 0) is 4.65 Å². The lowest BCUT2D eigenvalue weighted by Gasteiger charge is -2.08. The van der Waals surface area contributed by atoms with Crippen molar-refractivity contribution in [1.29, 1.82) is 0 Å². The molecule has 0 aromatic rings. The molecule has 2 rings (SSSR count). The summed E-state index contributed by atoms with van der Waals surface area (Å²) >= 11 is 0. The standard InChI is InChI=1S/C5H9BNO/c1-2-5-4-8-6-7(5)3-1/h5H,1-4H2/t5-/m1/s1. The quantitative estimate of drug-likeness (QED) is 0.407. The van der Waals surface area contributed by atoms with Gasteiger partial charge in [0.05, 0.1) is 0 Å². The van der Waals surface area contributed by atoms with E-state index in [1.165, 1.54) is 19.4 Å². The Labute approximate surface area is 50.1 Å². The molecule has 0 bridgehead atoms. The van der Waals surface area contributed by atoms with E-state index in [0.29, 0.717) is 0 Å². The lowest BCUT2D eigenvalue weighted by Crippen LogP contribution is -2.25. The molecule has 0 N–H and O–H groups in total.